The third-order valence-electron chi connectivity index (χ3n) is 3.03. The minimum Gasteiger partial charge on any atom is -0.380 e. The molecule has 0 aliphatic rings. The number of carbonyl (C=O) groups excluding carboxylic acids is 1. The molecule has 0 bridgehead atoms. The van der Waals surface area contributed by atoms with Gasteiger partial charge in [-0.3, -0.25) is 9.78 Å². The molecule has 4 heteroatoms. The van der Waals surface area contributed by atoms with Gasteiger partial charge in [0.25, 0.3) is 5.91 Å². The number of ether oxygens (including phenoxy) is 1. The van der Waals surface area contributed by atoms with Crippen LogP contribution >= 0.6 is 0 Å². The topological polar surface area (TPSA) is 51.2 Å². The lowest BCUT2D eigenvalue weighted by molar-refractivity contribution is 0.0950. The summed E-state index contributed by atoms with van der Waals surface area (Å²) in [4.78, 5) is 16.1. The van der Waals surface area contributed by atoms with Gasteiger partial charge < -0.3 is 10.1 Å². The molecule has 2 rings (SSSR count). The second-order valence-corrected chi connectivity index (χ2v) is 4.57. The molecule has 0 atom stereocenters. The molecule has 0 fully saturated rings. The van der Waals surface area contributed by atoms with Crippen LogP contribution in [0.1, 0.15) is 27.2 Å². The highest BCUT2D eigenvalue weighted by Crippen LogP contribution is 2.10. The van der Waals surface area contributed by atoms with E-state index in [1.54, 1.807) is 19.4 Å². The number of methoxy groups -OCH3 is 1. The van der Waals surface area contributed by atoms with E-state index in [1.165, 1.54) is 0 Å². The number of hydrogen-bond donors (Lipinski definition) is 1. The van der Waals surface area contributed by atoms with Crippen LogP contribution in [0.15, 0.2) is 42.6 Å². The maximum atomic E-state index is 12.0. The molecule has 0 aliphatic heterocycles. The summed E-state index contributed by atoms with van der Waals surface area (Å²) in [6.07, 6.45) is 1.59. The van der Waals surface area contributed by atoms with Crippen molar-refractivity contribution in [2.24, 2.45) is 0 Å². The van der Waals surface area contributed by atoms with Gasteiger partial charge in [-0.25, -0.2) is 0 Å². The van der Waals surface area contributed by atoms with E-state index >= 15 is 0 Å². The van der Waals surface area contributed by atoms with E-state index < -0.39 is 0 Å². The first kappa shape index (κ1) is 14.2. The van der Waals surface area contributed by atoms with Crippen LogP contribution in [-0.4, -0.2) is 18.0 Å². The summed E-state index contributed by atoms with van der Waals surface area (Å²) in [5.41, 5.74) is 3.60. The molecule has 0 spiro atoms. The zero-order valence-electron chi connectivity index (χ0n) is 11.7. The van der Waals surface area contributed by atoms with Crippen LogP contribution in [0.4, 0.5) is 0 Å². The number of aryl methyl sites for hydroxylation is 1. The van der Waals surface area contributed by atoms with Crippen molar-refractivity contribution in [2.45, 2.75) is 20.1 Å². The highest BCUT2D eigenvalue weighted by atomic mass is 16.5. The van der Waals surface area contributed by atoms with Gasteiger partial charge in [0.2, 0.25) is 0 Å². The molecule has 1 amide bonds. The van der Waals surface area contributed by atoms with Crippen molar-refractivity contribution in [3.05, 3.63) is 65.0 Å². The zero-order chi connectivity index (χ0) is 14.4. The molecule has 20 heavy (non-hydrogen) atoms. The van der Waals surface area contributed by atoms with Gasteiger partial charge in [0, 0.05) is 25.5 Å². The number of amides is 1. The van der Waals surface area contributed by atoms with Crippen molar-refractivity contribution in [3.8, 4) is 0 Å². The third-order valence-corrected chi connectivity index (χ3v) is 3.03. The van der Waals surface area contributed by atoms with Crippen LogP contribution in [0.25, 0.3) is 0 Å². The molecule has 1 heterocycles. The Morgan fingerprint density at radius 2 is 1.95 bits per heavy atom. The van der Waals surface area contributed by atoms with E-state index in [2.05, 4.69) is 10.3 Å². The SMILES string of the molecule is COCc1ccccc1CNC(=O)c1ccc(C)nc1. The molecule has 1 aromatic carbocycles. The van der Waals surface area contributed by atoms with Crippen molar-refractivity contribution in [2.75, 3.05) is 7.11 Å². The third kappa shape index (κ3) is 3.65. The number of rotatable bonds is 5. The van der Waals surface area contributed by atoms with Gasteiger partial charge in [-0.2, -0.15) is 0 Å². The van der Waals surface area contributed by atoms with Crippen molar-refractivity contribution < 1.29 is 9.53 Å². The van der Waals surface area contributed by atoms with Crippen LogP contribution in [0, 0.1) is 6.92 Å². The molecule has 0 radical (unpaired) electrons. The van der Waals surface area contributed by atoms with E-state index in [1.807, 2.05) is 37.3 Å². The molecular weight excluding hydrogens is 252 g/mol. The number of hydrogen-bond acceptors (Lipinski definition) is 3. The van der Waals surface area contributed by atoms with Crippen molar-refractivity contribution in [1.29, 1.82) is 0 Å². The van der Waals surface area contributed by atoms with Crippen LogP contribution in [0.3, 0.4) is 0 Å². The molecule has 0 saturated carbocycles. The maximum Gasteiger partial charge on any atom is 0.253 e. The smallest absolute Gasteiger partial charge is 0.253 e. The monoisotopic (exact) mass is 270 g/mol. The van der Waals surface area contributed by atoms with E-state index in [9.17, 15) is 4.79 Å². The number of benzene rings is 1. The summed E-state index contributed by atoms with van der Waals surface area (Å²) in [6.45, 7) is 2.91. The number of nitrogens with one attached hydrogen (secondary N) is 1. The lowest BCUT2D eigenvalue weighted by Crippen LogP contribution is -2.23. The Morgan fingerprint density at radius 3 is 2.60 bits per heavy atom. The van der Waals surface area contributed by atoms with Crippen molar-refractivity contribution >= 4 is 5.91 Å². The zero-order valence-corrected chi connectivity index (χ0v) is 11.7. The molecule has 0 saturated heterocycles. The second-order valence-electron chi connectivity index (χ2n) is 4.57. The molecule has 4 nitrogen and oxygen atoms in total. The van der Waals surface area contributed by atoms with Crippen molar-refractivity contribution in [1.82, 2.24) is 10.3 Å². The van der Waals surface area contributed by atoms with E-state index in [0.717, 1.165) is 16.8 Å². The lowest BCUT2D eigenvalue weighted by Gasteiger charge is -2.10. The highest BCUT2D eigenvalue weighted by molar-refractivity contribution is 5.93. The molecule has 104 valence electrons. The Bertz CT molecular complexity index is 579. The fourth-order valence-corrected chi connectivity index (χ4v) is 1.91. The number of carbonyl (C=O) groups is 1. The Morgan fingerprint density at radius 1 is 1.20 bits per heavy atom. The summed E-state index contributed by atoms with van der Waals surface area (Å²) in [6, 6.07) is 11.5. The largest absolute Gasteiger partial charge is 0.380 e. The first-order chi connectivity index (χ1) is 9.70. The Balaban J connectivity index is 2.01. The van der Waals surface area contributed by atoms with Gasteiger partial charge >= 0.3 is 0 Å². The molecule has 2 aromatic rings. The molecule has 1 N–H and O–H groups in total. The van der Waals surface area contributed by atoms with Crippen LogP contribution in [0.2, 0.25) is 0 Å². The number of pyridine rings is 1. The first-order valence-electron chi connectivity index (χ1n) is 6.47. The highest BCUT2D eigenvalue weighted by Gasteiger charge is 2.07. The predicted molar refractivity (Wildman–Crippen MR) is 77.3 cm³/mol. The average Bonchev–Trinajstić information content (AvgIpc) is 2.47. The molecule has 0 unspecified atom stereocenters. The maximum absolute atomic E-state index is 12.0. The molecular formula is C16H18N2O2. The normalized spacial score (nSPS) is 10.3. The summed E-state index contributed by atoms with van der Waals surface area (Å²) in [5, 5.41) is 2.90. The van der Waals surface area contributed by atoms with Crippen molar-refractivity contribution in [3.63, 3.8) is 0 Å². The number of nitrogens with zero attached hydrogens (tertiary/aromatic N) is 1. The van der Waals surface area contributed by atoms with Gasteiger partial charge in [-0.05, 0) is 30.2 Å². The van der Waals surface area contributed by atoms with Gasteiger partial charge in [-0.15, -0.1) is 0 Å². The minimum absolute atomic E-state index is 0.121. The Hall–Kier alpha value is -2.20. The van der Waals surface area contributed by atoms with Gasteiger partial charge in [0.15, 0.2) is 0 Å². The van der Waals surface area contributed by atoms with E-state index in [0.29, 0.717) is 18.7 Å². The lowest BCUT2D eigenvalue weighted by atomic mass is 10.1. The van der Waals surface area contributed by atoms with Crippen LogP contribution in [0.5, 0.6) is 0 Å². The van der Waals surface area contributed by atoms with E-state index in [-0.39, 0.29) is 5.91 Å². The standard InChI is InChI=1S/C16H18N2O2/c1-12-7-8-14(10-17-12)16(19)18-9-13-5-3-4-6-15(13)11-20-2/h3-8,10H,9,11H2,1-2H3,(H,18,19). The van der Waals surface area contributed by atoms with Gasteiger partial charge in [-0.1, -0.05) is 24.3 Å². The fourth-order valence-electron chi connectivity index (χ4n) is 1.91. The van der Waals surface area contributed by atoms with Gasteiger partial charge in [0.1, 0.15) is 0 Å². The predicted octanol–water partition coefficient (Wildman–Crippen LogP) is 2.47. The summed E-state index contributed by atoms with van der Waals surface area (Å²) >= 11 is 0. The van der Waals surface area contributed by atoms with Gasteiger partial charge in [0.05, 0.1) is 12.2 Å². The summed E-state index contributed by atoms with van der Waals surface area (Å²) in [5.74, 6) is -0.121. The second kappa shape index (κ2) is 6.82. The average molecular weight is 270 g/mol. The molecule has 0 aliphatic carbocycles. The fraction of sp³-hybridized carbons (Fsp3) is 0.250. The van der Waals surface area contributed by atoms with Crippen LogP contribution in [-0.2, 0) is 17.9 Å². The number of aromatic nitrogens is 1. The molecule has 1 aromatic heterocycles. The Labute approximate surface area is 118 Å². The summed E-state index contributed by atoms with van der Waals surface area (Å²) in [7, 11) is 1.66. The van der Waals surface area contributed by atoms with E-state index in [4.69, 9.17) is 4.74 Å². The Kier molecular flexibility index (Phi) is 4.85. The summed E-state index contributed by atoms with van der Waals surface area (Å²) < 4.78 is 5.15. The minimum atomic E-state index is -0.121. The quantitative estimate of drug-likeness (QED) is 0.908. The van der Waals surface area contributed by atoms with Crippen LogP contribution < -0.4 is 5.32 Å². The first-order valence-corrected chi connectivity index (χ1v) is 6.47.